The molecule has 0 fully saturated rings. The molecule has 2 aromatic heterocycles. The van der Waals surface area contributed by atoms with Gasteiger partial charge in [-0.1, -0.05) is 0 Å². The van der Waals surface area contributed by atoms with Crippen LogP contribution in [-0.2, 0) is 6.54 Å². The number of imidazole rings is 1. The number of nitrogen functional groups attached to an aromatic ring is 1. The molecule has 2 N–H and O–H groups in total. The molecule has 20 heavy (non-hydrogen) atoms. The third kappa shape index (κ3) is 1.99. The van der Waals surface area contributed by atoms with E-state index < -0.39 is 11.6 Å². The van der Waals surface area contributed by atoms with Crippen LogP contribution < -0.4 is 5.73 Å². The first-order valence-electron chi connectivity index (χ1n) is 6.06. The molecular weight excluding hydrogens is 262 g/mol. The number of nitrogens with two attached hydrogens (primary N) is 1. The van der Waals surface area contributed by atoms with Crippen molar-refractivity contribution >= 4 is 17.0 Å². The van der Waals surface area contributed by atoms with Crippen molar-refractivity contribution in [2.45, 2.75) is 13.5 Å². The Hall–Kier alpha value is -2.50. The maximum absolute atomic E-state index is 13.7. The lowest BCUT2D eigenvalue weighted by atomic mass is 10.1. The van der Waals surface area contributed by atoms with E-state index in [0.717, 1.165) is 17.2 Å². The van der Waals surface area contributed by atoms with Crippen LogP contribution in [0.5, 0.6) is 0 Å². The smallest absolute Gasteiger partial charge is 0.201 e. The number of nitrogens with zero attached hydrogens (tertiary/aromatic N) is 3. The van der Waals surface area contributed by atoms with E-state index in [1.54, 1.807) is 17.0 Å². The Labute approximate surface area is 113 Å². The van der Waals surface area contributed by atoms with Crippen molar-refractivity contribution in [3.8, 4) is 0 Å². The van der Waals surface area contributed by atoms with Crippen molar-refractivity contribution in [2.75, 3.05) is 5.73 Å². The quantitative estimate of drug-likeness (QED) is 0.781. The minimum absolute atomic E-state index is 0.0745. The first-order chi connectivity index (χ1) is 9.56. The molecule has 0 aliphatic heterocycles. The van der Waals surface area contributed by atoms with Gasteiger partial charge in [0.1, 0.15) is 11.3 Å². The molecule has 0 atom stereocenters. The van der Waals surface area contributed by atoms with Crippen LogP contribution in [0, 0.1) is 18.6 Å². The molecule has 0 aliphatic rings. The van der Waals surface area contributed by atoms with Crippen molar-refractivity contribution in [1.29, 1.82) is 0 Å². The Morgan fingerprint density at radius 1 is 1.30 bits per heavy atom. The van der Waals surface area contributed by atoms with Gasteiger partial charge in [-0.05, 0) is 24.1 Å². The minimum atomic E-state index is -0.714. The third-order valence-corrected chi connectivity index (χ3v) is 3.28. The van der Waals surface area contributed by atoms with Crippen molar-refractivity contribution in [2.24, 2.45) is 0 Å². The summed E-state index contributed by atoms with van der Waals surface area (Å²) in [6.07, 6.45) is 3.39. The lowest BCUT2D eigenvalue weighted by Gasteiger charge is -2.08. The molecule has 0 saturated carbocycles. The van der Waals surface area contributed by atoms with Crippen molar-refractivity contribution in [1.82, 2.24) is 14.5 Å². The number of hydrogen-bond donors (Lipinski definition) is 1. The predicted octanol–water partition coefficient (Wildman–Crippen LogP) is 2.65. The van der Waals surface area contributed by atoms with Crippen LogP contribution in [0.3, 0.4) is 0 Å². The molecule has 102 valence electrons. The summed E-state index contributed by atoms with van der Waals surface area (Å²) in [5.41, 5.74) is 8.17. The van der Waals surface area contributed by atoms with E-state index in [4.69, 9.17) is 5.73 Å². The lowest BCUT2D eigenvalue weighted by Crippen LogP contribution is -2.06. The van der Waals surface area contributed by atoms with Crippen molar-refractivity contribution in [3.63, 3.8) is 0 Å². The highest BCUT2D eigenvalue weighted by Gasteiger charge is 2.14. The van der Waals surface area contributed by atoms with Gasteiger partial charge in [-0.2, -0.15) is 0 Å². The Balaban J connectivity index is 2.17. The van der Waals surface area contributed by atoms with Gasteiger partial charge in [0.15, 0.2) is 5.82 Å². The van der Waals surface area contributed by atoms with Crippen LogP contribution >= 0.6 is 0 Å². The van der Waals surface area contributed by atoms with Crippen LogP contribution in [0.2, 0.25) is 0 Å². The largest absolute Gasteiger partial charge is 0.369 e. The highest BCUT2D eigenvalue weighted by Crippen LogP contribution is 2.23. The molecule has 0 bridgehead atoms. The second-order valence-corrected chi connectivity index (χ2v) is 4.61. The number of pyridine rings is 1. The molecule has 0 spiro atoms. The first kappa shape index (κ1) is 12.5. The van der Waals surface area contributed by atoms with Gasteiger partial charge < -0.3 is 10.3 Å². The fourth-order valence-electron chi connectivity index (χ4n) is 2.17. The zero-order valence-electron chi connectivity index (χ0n) is 10.8. The van der Waals surface area contributed by atoms with Crippen molar-refractivity contribution < 1.29 is 8.78 Å². The molecule has 4 nitrogen and oxygen atoms in total. The number of halogens is 2. The molecular formula is C14H12F2N4. The number of fused-ring (bicyclic) bond motifs is 1. The van der Waals surface area contributed by atoms with Crippen LogP contribution in [0.25, 0.3) is 11.0 Å². The van der Waals surface area contributed by atoms with Gasteiger partial charge in [0.2, 0.25) is 5.95 Å². The highest BCUT2D eigenvalue weighted by atomic mass is 19.1. The second-order valence-electron chi connectivity index (χ2n) is 4.61. The molecule has 0 radical (unpaired) electrons. The Morgan fingerprint density at radius 2 is 2.10 bits per heavy atom. The van der Waals surface area contributed by atoms with E-state index in [-0.39, 0.29) is 11.5 Å². The topological polar surface area (TPSA) is 56.7 Å². The van der Waals surface area contributed by atoms with Gasteiger partial charge in [0, 0.05) is 24.5 Å². The summed E-state index contributed by atoms with van der Waals surface area (Å²) in [6.45, 7) is 2.30. The van der Waals surface area contributed by atoms with Crippen molar-refractivity contribution in [3.05, 3.63) is 53.4 Å². The van der Waals surface area contributed by atoms with E-state index in [1.807, 2.05) is 13.0 Å². The number of benzene rings is 1. The number of anilines is 1. The van der Waals surface area contributed by atoms with E-state index in [9.17, 15) is 8.78 Å². The minimum Gasteiger partial charge on any atom is -0.369 e. The van der Waals surface area contributed by atoms with E-state index in [0.29, 0.717) is 12.1 Å². The zero-order valence-corrected chi connectivity index (χ0v) is 10.8. The Kier molecular flexibility index (Phi) is 2.85. The number of rotatable bonds is 2. The Morgan fingerprint density at radius 3 is 2.85 bits per heavy atom. The van der Waals surface area contributed by atoms with Gasteiger partial charge in [-0.3, -0.25) is 4.98 Å². The maximum atomic E-state index is 13.7. The first-order valence-corrected chi connectivity index (χ1v) is 6.06. The summed E-state index contributed by atoms with van der Waals surface area (Å²) in [4.78, 5) is 8.01. The van der Waals surface area contributed by atoms with Crippen LogP contribution in [0.4, 0.5) is 14.7 Å². The SMILES string of the molecule is Cc1ccncc1Cn1c(N)nc2c(F)cc(F)cc21. The third-order valence-electron chi connectivity index (χ3n) is 3.28. The molecule has 0 unspecified atom stereocenters. The monoisotopic (exact) mass is 274 g/mol. The van der Waals surface area contributed by atoms with Crippen LogP contribution in [0.15, 0.2) is 30.6 Å². The van der Waals surface area contributed by atoms with E-state index in [1.165, 1.54) is 6.07 Å². The summed E-state index contributed by atoms with van der Waals surface area (Å²) in [7, 11) is 0. The lowest BCUT2D eigenvalue weighted by molar-refractivity contribution is 0.590. The number of aryl methyl sites for hydroxylation is 1. The summed E-state index contributed by atoms with van der Waals surface area (Å²) >= 11 is 0. The van der Waals surface area contributed by atoms with Crippen LogP contribution in [-0.4, -0.2) is 14.5 Å². The molecule has 1 aromatic carbocycles. The second kappa shape index (κ2) is 4.56. The van der Waals surface area contributed by atoms with E-state index in [2.05, 4.69) is 9.97 Å². The summed E-state index contributed by atoms with van der Waals surface area (Å²) in [5.74, 6) is -1.22. The molecule has 3 rings (SSSR count). The summed E-state index contributed by atoms with van der Waals surface area (Å²) < 4.78 is 28.6. The fourth-order valence-corrected chi connectivity index (χ4v) is 2.17. The number of aromatic nitrogens is 3. The van der Waals surface area contributed by atoms with Gasteiger partial charge >= 0.3 is 0 Å². The molecule has 2 heterocycles. The van der Waals surface area contributed by atoms with E-state index >= 15 is 0 Å². The molecule has 3 aromatic rings. The standard InChI is InChI=1S/C14H12F2N4/c1-8-2-3-18-6-9(8)7-20-12-5-10(15)4-11(16)13(12)19-14(20)17/h2-6H,7H2,1H3,(H2,17,19). The van der Waals surface area contributed by atoms with Crippen LogP contribution in [0.1, 0.15) is 11.1 Å². The Bertz CT molecular complexity index is 795. The highest BCUT2D eigenvalue weighted by molar-refractivity contribution is 5.79. The average molecular weight is 274 g/mol. The van der Waals surface area contributed by atoms with Gasteiger partial charge in [0.05, 0.1) is 12.1 Å². The predicted molar refractivity (Wildman–Crippen MR) is 72.1 cm³/mol. The maximum Gasteiger partial charge on any atom is 0.201 e. The van der Waals surface area contributed by atoms with Gasteiger partial charge in [-0.15, -0.1) is 0 Å². The van der Waals surface area contributed by atoms with Gasteiger partial charge in [0.25, 0.3) is 0 Å². The molecule has 0 saturated heterocycles. The summed E-state index contributed by atoms with van der Waals surface area (Å²) in [5, 5.41) is 0. The molecule has 0 aliphatic carbocycles. The normalized spacial score (nSPS) is 11.2. The molecule has 6 heteroatoms. The van der Waals surface area contributed by atoms with Gasteiger partial charge in [-0.25, -0.2) is 13.8 Å². The fraction of sp³-hybridized carbons (Fsp3) is 0.143. The molecule has 0 amide bonds. The zero-order chi connectivity index (χ0) is 14.3. The average Bonchev–Trinajstić information content (AvgIpc) is 2.70. The summed E-state index contributed by atoms with van der Waals surface area (Å²) in [6, 6.07) is 3.90. The number of hydrogen-bond acceptors (Lipinski definition) is 3.